The van der Waals surface area contributed by atoms with Crippen LogP contribution in [0.2, 0.25) is 0 Å². The van der Waals surface area contributed by atoms with E-state index in [4.69, 9.17) is 0 Å². The summed E-state index contributed by atoms with van der Waals surface area (Å²) >= 11 is 0. The fourth-order valence-electron chi connectivity index (χ4n) is 2.40. The minimum atomic E-state index is 0. The molecule has 1 unspecified atom stereocenters. The third-order valence-electron chi connectivity index (χ3n) is 3.29. The van der Waals surface area contributed by atoms with Gasteiger partial charge in [-0.1, -0.05) is 53.6 Å². The molecule has 0 radical (unpaired) electrons. The average molecular weight is 284 g/mol. The van der Waals surface area contributed by atoms with E-state index in [2.05, 4.69) is 56.3 Å². The molecule has 0 fully saturated rings. The predicted octanol–water partition coefficient (Wildman–Crippen LogP) is 4.17. The van der Waals surface area contributed by atoms with Gasteiger partial charge in [0.2, 0.25) is 0 Å². The molecule has 0 saturated heterocycles. The summed E-state index contributed by atoms with van der Waals surface area (Å²) in [6, 6.07) is 12.9. The minimum absolute atomic E-state index is 0. The Morgan fingerprint density at radius 1 is 1.06 bits per heavy atom. The fraction of sp³-hybridized carbons (Fsp3) is 0.133. The second-order valence-electron chi connectivity index (χ2n) is 4.23. The molecule has 0 nitrogen and oxygen atoms in total. The van der Waals surface area contributed by atoms with Crippen molar-refractivity contribution in [3.05, 3.63) is 60.0 Å². The molecule has 1 aliphatic carbocycles. The van der Waals surface area contributed by atoms with Gasteiger partial charge in [-0.25, -0.2) is 0 Å². The van der Waals surface area contributed by atoms with E-state index in [-0.39, 0.29) is 26.2 Å². The number of allylic oxidation sites excluding steroid dienone is 1. The molecule has 1 atom stereocenters. The number of benzene rings is 2. The van der Waals surface area contributed by atoms with Gasteiger partial charge < -0.3 is 6.92 Å². The van der Waals surface area contributed by atoms with Crippen LogP contribution >= 0.6 is 0 Å². The van der Waals surface area contributed by atoms with Crippen LogP contribution < -0.4 is 0 Å². The molecule has 78 valence electrons. The maximum absolute atomic E-state index is 4.24. The van der Waals surface area contributed by atoms with E-state index >= 15 is 0 Å². The Bertz CT molecular complexity index is 567. The largest absolute Gasteiger partial charge is 0.332 e. The molecule has 0 heterocycles. The van der Waals surface area contributed by atoms with Gasteiger partial charge >= 0.3 is 0 Å². The molecule has 2 aromatic rings. The molecule has 0 amide bonds. The van der Waals surface area contributed by atoms with Crippen molar-refractivity contribution in [2.75, 3.05) is 0 Å². The average Bonchev–Trinajstić information content (AvgIpc) is 2.55. The van der Waals surface area contributed by atoms with E-state index < -0.39 is 0 Å². The second kappa shape index (κ2) is 4.30. The molecule has 1 heteroatoms. The molecule has 0 saturated carbocycles. The van der Waals surface area contributed by atoms with Crippen molar-refractivity contribution >= 4 is 16.8 Å². The quantitative estimate of drug-likeness (QED) is 0.637. The zero-order valence-electron chi connectivity index (χ0n) is 9.33. The van der Waals surface area contributed by atoms with Crippen LogP contribution in [0.1, 0.15) is 24.0 Å². The number of rotatable bonds is 0. The van der Waals surface area contributed by atoms with Crippen molar-refractivity contribution in [2.45, 2.75) is 12.8 Å². The predicted molar refractivity (Wildman–Crippen MR) is 65.7 cm³/mol. The summed E-state index contributed by atoms with van der Waals surface area (Å²) in [6.45, 7) is 6.40. The van der Waals surface area contributed by atoms with Gasteiger partial charge in [0.15, 0.2) is 0 Å². The SMILES string of the molecule is [CH2-]C1C(C)=Cc2ccc3ccccc3c21.[Zr]. The van der Waals surface area contributed by atoms with Gasteiger partial charge in [0.1, 0.15) is 0 Å². The van der Waals surface area contributed by atoms with Gasteiger partial charge in [0.25, 0.3) is 0 Å². The summed E-state index contributed by atoms with van der Waals surface area (Å²) in [6.07, 6.45) is 2.25. The molecule has 0 bridgehead atoms. The van der Waals surface area contributed by atoms with Gasteiger partial charge in [0, 0.05) is 26.2 Å². The third kappa shape index (κ3) is 1.62. The number of hydrogen-bond donors (Lipinski definition) is 0. The summed E-state index contributed by atoms with van der Waals surface area (Å²) in [7, 11) is 0. The van der Waals surface area contributed by atoms with E-state index in [0.717, 1.165) is 0 Å². The van der Waals surface area contributed by atoms with E-state index in [1.165, 1.54) is 27.5 Å². The smallest absolute Gasteiger partial charge is 0 e. The molecule has 3 rings (SSSR count). The Morgan fingerprint density at radius 3 is 2.62 bits per heavy atom. The first-order valence-corrected chi connectivity index (χ1v) is 5.30. The molecular formula is C15H13Zr-. The van der Waals surface area contributed by atoms with E-state index in [1.807, 2.05) is 0 Å². The molecule has 2 aromatic carbocycles. The first-order chi connectivity index (χ1) is 7.27. The summed E-state index contributed by atoms with van der Waals surface area (Å²) in [5, 5.41) is 2.66. The molecule has 1 aliphatic rings. The Labute approximate surface area is 115 Å². The zero-order chi connectivity index (χ0) is 10.4. The van der Waals surface area contributed by atoms with Crippen molar-refractivity contribution in [1.29, 1.82) is 0 Å². The van der Waals surface area contributed by atoms with Crippen LogP contribution in [0.5, 0.6) is 0 Å². The van der Waals surface area contributed by atoms with Crippen LogP contribution in [0.25, 0.3) is 16.8 Å². The Hall–Kier alpha value is -0.677. The van der Waals surface area contributed by atoms with Crippen LogP contribution in [-0.2, 0) is 26.2 Å². The summed E-state index contributed by atoms with van der Waals surface area (Å²) < 4.78 is 0. The normalized spacial score (nSPS) is 17.9. The third-order valence-corrected chi connectivity index (χ3v) is 3.29. The topological polar surface area (TPSA) is 0 Å². The van der Waals surface area contributed by atoms with Crippen molar-refractivity contribution in [2.24, 2.45) is 0 Å². The number of hydrogen-bond acceptors (Lipinski definition) is 0. The monoisotopic (exact) mass is 283 g/mol. The minimum Gasteiger partial charge on any atom is -0.332 e. The summed E-state index contributed by atoms with van der Waals surface area (Å²) in [4.78, 5) is 0. The van der Waals surface area contributed by atoms with Crippen LogP contribution in [0.3, 0.4) is 0 Å². The number of fused-ring (bicyclic) bond motifs is 3. The van der Waals surface area contributed by atoms with E-state index in [9.17, 15) is 0 Å². The van der Waals surface area contributed by atoms with E-state index in [0.29, 0.717) is 5.92 Å². The van der Waals surface area contributed by atoms with Crippen LogP contribution in [0.4, 0.5) is 0 Å². The Morgan fingerprint density at radius 2 is 1.81 bits per heavy atom. The molecular weight excluding hydrogens is 271 g/mol. The maximum atomic E-state index is 4.24. The van der Waals surface area contributed by atoms with Crippen molar-refractivity contribution < 1.29 is 26.2 Å². The van der Waals surface area contributed by atoms with Crippen LogP contribution in [-0.4, -0.2) is 0 Å². The van der Waals surface area contributed by atoms with Crippen LogP contribution in [0, 0.1) is 6.92 Å². The summed E-state index contributed by atoms with van der Waals surface area (Å²) in [5.41, 5.74) is 4.10. The first-order valence-electron chi connectivity index (χ1n) is 5.30. The fourth-order valence-corrected chi connectivity index (χ4v) is 2.40. The summed E-state index contributed by atoms with van der Waals surface area (Å²) in [5.74, 6) is 0.325. The van der Waals surface area contributed by atoms with Gasteiger partial charge in [0.05, 0.1) is 0 Å². The molecule has 0 aliphatic heterocycles. The molecule has 0 N–H and O–H groups in total. The first kappa shape index (κ1) is 11.8. The van der Waals surface area contributed by atoms with Gasteiger partial charge in [-0.05, 0) is 23.3 Å². The Balaban J connectivity index is 0.000000963. The van der Waals surface area contributed by atoms with Gasteiger partial charge in [-0.3, -0.25) is 0 Å². The molecule has 16 heavy (non-hydrogen) atoms. The van der Waals surface area contributed by atoms with Crippen LogP contribution in [0.15, 0.2) is 42.0 Å². The van der Waals surface area contributed by atoms with Crippen molar-refractivity contribution in [3.63, 3.8) is 0 Å². The zero-order valence-corrected chi connectivity index (χ0v) is 11.8. The van der Waals surface area contributed by atoms with E-state index in [1.54, 1.807) is 0 Å². The second-order valence-corrected chi connectivity index (χ2v) is 4.23. The van der Waals surface area contributed by atoms with Gasteiger partial charge in [-0.15, -0.1) is 5.92 Å². The maximum Gasteiger partial charge on any atom is 0 e. The Kier molecular flexibility index (Phi) is 3.17. The standard InChI is InChI=1S/C15H13.Zr/c1-10-9-13-8-7-12-5-3-4-6-14(12)15(13)11(10)2;/h3-9,11H,2H2,1H3;/q-1;. The molecule has 0 spiro atoms. The van der Waals surface area contributed by atoms with Crippen molar-refractivity contribution in [3.8, 4) is 0 Å². The van der Waals surface area contributed by atoms with Gasteiger partial charge in [-0.2, -0.15) is 0 Å². The van der Waals surface area contributed by atoms with Crippen molar-refractivity contribution in [1.82, 2.24) is 0 Å². The molecule has 0 aromatic heterocycles.